The molecular formula is C19H20BrN3O4S. The van der Waals surface area contributed by atoms with Crippen LogP contribution in [0.3, 0.4) is 0 Å². The Balaban J connectivity index is 1.63. The van der Waals surface area contributed by atoms with Gasteiger partial charge >= 0.3 is 0 Å². The standard InChI is InChI=1S/C19H20BrN3O4S/c20-16-8-1-2-9-17(16)22-18(24)13-21-19(25)14-6-5-7-15(12-14)28(26,27)23-10-3-4-11-23/h1-2,5-9,12H,3-4,10-11,13H2,(H,21,25)(H,22,24). The van der Waals surface area contributed by atoms with Crippen LogP contribution in [0.1, 0.15) is 23.2 Å². The fraction of sp³-hybridized carbons (Fsp3) is 0.263. The lowest BCUT2D eigenvalue weighted by molar-refractivity contribution is -0.115. The molecule has 28 heavy (non-hydrogen) atoms. The maximum absolute atomic E-state index is 12.6. The van der Waals surface area contributed by atoms with Gasteiger partial charge < -0.3 is 10.6 Å². The van der Waals surface area contributed by atoms with E-state index in [-0.39, 0.29) is 22.9 Å². The number of carbonyl (C=O) groups is 2. The number of halogens is 1. The molecule has 0 radical (unpaired) electrons. The Labute approximate surface area is 172 Å². The van der Waals surface area contributed by atoms with Crippen molar-refractivity contribution in [3.05, 3.63) is 58.6 Å². The Hall–Kier alpha value is -2.23. The number of nitrogens with one attached hydrogen (secondary N) is 2. The van der Waals surface area contributed by atoms with Crippen LogP contribution in [0.5, 0.6) is 0 Å². The number of hydrogen-bond donors (Lipinski definition) is 2. The van der Waals surface area contributed by atoms with E-state index in [1.54, 1.807) is 18.2 Å². The number of para-hydroxylation sites is 1. The molecule has 2 aromatic carbocycles. The second-order valence-electron chi connectivity index (χ2n) is 6.35. The number of benzene rings is 2. The zero-order chi connectivity index (χ0) is 20.1. The number of carbonyl (C=O) groups excluding carboxylic acids is 2. The van der Waals surface area contributed by atoms with Crippen molar-refractivity contribution < 1.29 is 18.0 Å². The lowest BCUT2D eigenvalue weighted by atomic mass is 10.2. The van der Waals surface area contributed by atoms with Crippen LogP contribution in [0.25, 0.3) is 0 Å². The number of nitrogens with zero attached hydrogens (tertiary/aromatic N) is 1. The second-order valence-corrected chi connectivity index (χ2v) is 9.14. The molecule has 0 atom stereocenters. The van der Waals surface area contributed by atoms with Crippen LogP contribution >= 0.6 is 15.9 Å². The Kier molecular flexibility index (Phi) is 6.48. The summed E-state index contributed by atoms with van der Waals surface area (Å²) in [6.07, 6.45) is 1.68. The van der Waals surface area contributed by atoms with Gasteiger partial charge in [0.05, 0.1) is 17.1 Å². The number of amides is 2. The molecule has 1 aliphatic heterocycles. The summed E-state index contributed by atoms with van der Waals surface area (Å²) in [5, 5.41) is 5.20. The van der Waals surface area contributed by atoms with Gasteiger partial charge in [0.15, 0.2) is 0 Å². The Morgan fingerprint density at radius 2 is 1.75 bits per heavy atom. The van der Waals surface area contributed by atoms with Crippen molar-refractivity contribution >= 4 is 43.5 Å². The predicted octanol–water partition coefficient (Wildman–Crippen LogP) is 2.60. The van der Waals surface area contributed by atoms with Crippen molar-refractivity contribution in [1.29, 1.82) is 0 Å². The third-order valence-electron chi connectivity index (χ3n) is 4.36. The molecule has 0 aliphatic carbocycles. The summed E-state index contributed by atoms with van der Waals surface area (Å²) >= 11 is 3.33. The first-order valence-electron chi connectivity index (χ1n) is 8.81. The molecule has 7 nitrogen and oxygen atoms in total. The predicted molar refractivity (Wildman–Crippen MR) is 110 cm³/mol. The van der Waals surface area contributed by atoms with Crippen LogP contribution in [0, 0.1) is 0 Å². The lowest BCUT2D eigenvalue weighted by Gasteiger charge is -2.16. The van der Waals surface area contributed by atoms with Crippen LogP contribution in [0.2, 0.25) is 0 Å². The van der Waals surface area contributed by atoms with Gasteiger partial charge in [0.2, 0.25) is 15.9 Å². The molecule has 0 unspecified atom stereocenters. The number of anilines is 1. The Morgan fingerprint density at radius 1 is 1.04 bits per heavy atom. The highest BCUT2D eigenvalue weighted by Gasteiger charge is 2.27. The van der Waals surface area contributed by atoms with Gasteiger partial charge in [-0.2, -0.15) is 4.31 Å². The summed E-state index contributed by atoms with van der Waals surface area (Å²) in [6.45, 7) is 0.755. The van der Waals surface area contributed by atoms with E-state index in [1.165, 1.54) is 28.6 Å². The molecule has 2 amide bonds. The molecule has 1 saturated heterocycles. The summed E-state index contributed by atoms with van der Waals surface area (Å²) in [4.78, 5) is 24.5. The normalized spacial score (nSPS) is 14.6. The van der Waals surface area contributed by atoms with Crippen molar-refractivity contribution in [3.8, 4) is 0 Å². The zero-order valence-corrected chi connectivity index (χ0v) is 17.4. The first-order valence-corrected chi connectivity index (χ1v) is 11.0. The van der Waals surface area contributed by atoms with Crippen molar-refractivity contribution in [1.82, 2.24) is 9.62 Å². The molecule has 1 heterocycles. The van der Waals surface area contributed by atoms with E-state index in [4.69, 9.17) is 0 Å². The average molecular weight is 466 g/mol. The van der Waals surface area contributed by atoms with Gasteiger partial charge in [-0.3, -0.25) is 9.59 Å². The molecule has 148 valence electrons. The quantitative estimate of drug-likeness (QED) is 0.684. The van der Waals surface area contributed by atoms with Gasteiger partial charge in [0.1, 0.15) is 0 Å². The topological polar surface area (TPSA) is 95.6 Å². The molecule has 0 saturated carbocycles. The van der Waals surface area contributed by atoms with Crippen LogP contribution in [-0.2, 0) is 14.8 Å². The van der Waals surface area contributed by atoms with Gasteiger partial charge in [0.25, 0.3) is 5.91 Å². The second kappa shape index (κ2) is 8.85. The Bertz CT molecular complexity index is 988. The summed E-state index contributed by atoms with van der Waals surface area (Å²) in [7, 11) is -3.60. The average Bonchev–Trinajstić information content (AvgIpc) is 3.24. The minimum atomic E-state index is -3.60. The van der Waals surface area contributed by atoms with E-state index >= 15 is 0 Å². The van der Waals surface area contributed by atoms with Crippen LogP contribution in [-0.4, -0.2) is 44.2 Å². The number of sulfonamides is 1. The maximum atomic E-state index is 12.6. The maximum Gasteiger partial charge on any atom is 0.251 e. The largest absolute Gasteiger partial charge is 0.343 e. The highest BCUT2D eigenvalue weighted by Crippen LogP contribution is 2.22. The van der Waals surface area contributed by atoms with Gasteiger partial charge in [-0.1, -0.05) is 18.2 Å². The van der Waals surface area contributed by atoms with Crippen molar-refractivity contribution in [2.45, 2.75) is 17.7 Å². The fourth-order valence-electron chi connectivity index (χ4n) is 2.89. The molecule has 3 rings (SSSR count). The molecule has 9 heteroatoms. The Morgan fingerprint density at radius 3 is 2.46 bits per heavy atom. The van der Waals surface area contributed by atoms with E-state index in [2.05, 4.69) is 26.6 Å². The summed E-state index contributed by atoms with van der Waals surface area (Å²) < 4.78 is 27.4. The van der Waals surface area contributed by atoms with E-state index in [9.17, 15) is 18.0 Å². The van der Waals surface area contributed by atoms with Crippen LogP contribution in [0.4, 0.5) is 5.69 Å². The fourth-order valence-corrected chi connectivity index (χ4v) is 4.84. The highest BCUT2D eigenvalue weighted by molar-refractivity contribution is 9.10. The van der Waals surface area contributed by atoms with Crippen molar-refractivity contribution in [3.63, 3.8) is 0 Å². The molecule has 1 fully saturated rings. The zero-order valence-electron chi connectivity index (χ0n) is 15.0. The number of rotatable bonds is 6. The van der Waals surface area contributed by atoms with Crippen LogP contribution < -0.4 is 10.6 Å². The smallest absolute Gasteiger partial charge is 0.251 e. The number of hydrogen-bond acceptors (Lipinski definition) is 4. The molecule has 0 aromatic heterocycles. The minimum absolute atomic E-state index is 0.0831. The van der Waals surface area contributed by atoms with Gasteiger partial charge in [0, 0.05) is 23.1 Å². The van der Waals surface area contributed by atoms with E-state index in [0.29, 0.717) is 18.8 Å². The molecule has 2 aromatic rings. The van der Waals surface area contributed by atoms with Gasteiger partial charge in [-0.25, -0.2) is 8.42 Å². The molecular weight excluding hydrogens is 446 g/mol. The van der Waals surface area contributed by atoms with E-state index < -0.39 is 15.9 Å². The van der Waals surface area contributed by atoms with Crippen LogP contribution in [0.15, 0.2) is 57.9 Å². The summed E-state index contributed by atoms with van der Waals surface area (Å²) in [5.41, 5.74) is 0.786. The SMILES string of the molecule is O=C(CNC(=O)c1cccc(S(=O)(=O)N2CCCC2)c1)Nc1ccccc1Br. The van der Waals surface area contributed by atoms with E-state index in [0.717, 1.165) is 17.3 Å². The third-order valence-corrected chi connectivity index (χ3v) is 6.94. The molecule has 2 N–H and O–H groups in total. The van der Waals surface area contributed by atoms with Crippen molar-refractivity contribution in [2.75, 3.05) is 25.0 Å². The summed E-state index contributed by atoms with van der Waals surface area (Å²) in [5.74, 6) is -0.901. The third kappa shape index (κ3) is 4.78. The monoisotopic (exact) mass is 465 g/mol. The molecule has 0 spiro atoms. The first-order chi connectivity index (χ1) is 13.4. The van der Waals surface area contributed by atoms with Gasteiger partial charge in [-0.05, 0) is 59.1 Å². The lowest BCUT2D eigenvalue weighted by Crippen LogP contribution is -2.33. The van der Waals surface area contributed by atoms with E-state index in [1.807, 2.05) is 6.07 Å². The first kappa shape index (κ1) is 20.5. The minimum Gasteiger partial charge on any atom is -0.343 e. The van der Waals surface area contributed by atoms with Crippen molar-refractivity contribution in [2.24, 2.45) is 0 Å². The highest BCUT2D eigenvalue weighted by atomic mass is 79.9. The molecule has 0 bridgehead atoms. The summed E-state index contributed by atoms with van der Waals surface area (Å²) in [6, 6.07) is 13.0. The molecule has 1 aliphatic rings. The van der Waals surface area contributed by atoms with Gasteiger partial charge in [-0.15, -0.1) is 0 Å².